The molecule has 4 nitrogen and oxygen atoms in total. The second-order valence-electron chi connectivity index (χ2n) is 7.03. The summed E-state index contributed by atoms with van der Waals surface area (Å²) in [7, 11) is 0. The van der Waals surface area contributed by atoms with Crippen molar-refractivity contribution >= 4 is 11.8 Å². The van der Waals surface area contributed by atoms with Gasteiger partial charge in [-0.05, 0) is 49.3 Å². The molecule has 1 fully saturated rings. The summed E-state index contributed by atoms with van der Waals surface area (Å²) in [5.74, 6) is 0.863. The second-order valence-corrected chi connectivity index (χ2v) is 7.03. The Morgan fingerprint density at radius 1 is 0.962 bits per heavy atom. The summed E-state index contributed by atoms with van der Waals surface area (Å²) in [5, 5.41) is 5.76. The minimum absolute atomic E-state index is 0.0523. The lowest BCUT2D eigenvalue weighted by Crippen LogP contribution is -2.35. The smallest absolute Gasteiger partial charge is 0.251 e. The van der Waals surface area contributed by atoms with Crippen molar-refractivity contribution in [2.75, 3.05) is 13.1 Å². The Morgan fingerprint density at radius 3 is 2.27 bits per heavy atom. The molecule has 26 heavy (non-hydrogen) atoms. The number of carbonyl (C=O) groups excluding carboxylic acids is 2. The molecule has 2 aromatic rings. The summed E-state index contributed by atoms with van der Waals surface area (Å²) < 4.78 is 0. The van der Waals surface area contributed by atoms with E-state index in [1.165, 1.54) is 24.0 Å². The molecule has 2 N–H and O–H groups in total. The van der Waals surface area contributed by atoms with Crippen LogP contribution in [0.3, 0.4) is 0 Å². The van der Waals surface area contributed by atoms with E-state index in [0.29, 0.717) is 36.9 Å². The van der Waals surface area contributed by atoms with E-state index in [1.807, 2.05) is 18.2 Å². The fourth-order valence-corrected chi connectivity index (χ4v) is 3.21. The quantitative estimate of drug-likeness (QED) is 0.717. The molecule has 0 aliphatic heterocycles. The third-order valence-electron chi connectivity index (χ3n) is 4.87. The van der Waals surface area contributed by atoms with Crippen LogP contribution in [0.5, 0.6) is 0 Å². The number of nitrogens with one attached hydrogen (secondary N) is 2. The number of amides is 2. The third kappa shape index (κ3) is 5.19. The molecule has 1 aliphatic rings. The van der Waals surface area contributed by atoms with Gasteiger partial charge in [-0.25, -0.2) is 0 Å². The Bertz CT molecular complexity index is 736. The van der Waals surface area contributed by atoms with Gasteiger partial charge in [0.2, 0.25) is 5.91 Å². The van der Waals surface area contributed by atoms with E-state index in [9.17, 15) is 9.59 Å². The summed E-state index contributed by atoms with van der Waals surface area (Å²) in [6.07, 6.45) is 2.93. The average molecular weight is 350 g/mol. The van der Waals surface area contributed by atoms with Crippen LogP contribution in [0.25, 0.3) is 0 Å². The minimum atomic E-state index is -0.115. The van der Waals surface area contributed by atoms with Crippen LogP contribution in [0.2, 0.25) is 0 Å². The maximum Gasteiger partial charge on any atom is 0.251 e. The highest BCUT2D eigenvalue weighted by Gasteiger charge is 2.33. The molecule has 0 spiro atoms. The molecule has 0 saturated heterocycles. The first-order chi connectivity index (χ1) is 12.6. The topological polar surface area (TPSA) is 58.2 Å². The largest absolute Gasteiger partial charge is 0.354 e. The van der Waals surface area contributed by atoms with E-state index in [4.69, 9.17) is 0 Å². The van der Waals surface area contributed by atoms with E-state index in [1.54, 1.807) is 12.1 Å². The Balaban J connectivity index is 1.43. The van der Waals surface area contributed by atoms with Crippen LogP contribution >= 0.6 is 0 Å². The highest BCUT2D eigenvalue weighted by Crippen LogP contribution is 2.44. The van der Waals surface area contributed by atoms with Crippen LogP contribution < -0.4 is 10.6 Å². The van der Waals surface area contributed by atoms with Crippen molar-refractivity contribution in [2.45, 2.75) is 32.1 Å². The number of carbonyl (C=O) groups is 2. The number of hydrogen-bond donors (Lipinski definition) is 2. The molecule has 1 atom stereocenters. The molecule has 1 unspecified atom stereocenters. The predicted molar refractivity (Wildman–Crippen MR) is 103 cm³/mol. The van der Waals surface area contributed by atoms with Gasteiger partial charge in [-0.15, -0.1) is 0 Å². The monoisotopic (exact) mass is 350 g/mol. The summed E-state index contributed by atoms with van der Waals surface area (Å²) >= 11 is 0. The summed E-state index contributed by atoms with van der Waals surface area (Å²) in [6.45, 7) is 2.95. The van der Waals surface area contributed by atoms with Crippen molar-refractivity contribution < 1.29 is 9.59 Å². The Labute approximate surface area is 155 Å². The molecule has 0 bridgehead atoms. The van der Waals surface area contributed by atoms with E-state index in [0.717, 1.165) is 0 Å². The van der Waals surface area contributed by atoms with Crippen LogP contribution in [0.15, 0.2) is 54.6 Å². The van der Waals surface area contributed by atoms with E-state index < -0.39 is 0 Å². The fourth-order valence-electron chi connectivity index (χ4n) is 3.21. The molecular weight excluding hydrogens is 324 g/mol. The van der Waals surface area contributed by atoms with Crippen molar-refractivity contribution in [2.24, 2.45) is 5.92 Å². The number of benzene rings is 2. The zero-order valence-corrected chi connectivity index (χ0v) is 15.2. The van der Waals surface area contributed by atoms with Gasteiger partial charge in [0.1, 0.15) is 0 Å². The lowest BCUT2D eigenvalue weighted by atomic mass is 9.90. The van der Waals surface area contributed by atoms with Gasteiger partial charge in [0.05, 0.1) is 0 Å². The summed E-state index contributed by atoms with van der Waals surface area (Å²) in [6, 6.07) is 17.6. The molecule has 136 valence electrons. The third-order valence-corrected chi connectivity index (χ3v) is 4.87. The van der Waals surface area contributed by atoms with Gasteiger partial charge in [-0.2, -0.15) is 0 Å². The first-order valence-electron chi connectivity index (χ1n) is 9.30. The highest BCUT2D eigenvalue weighted by atomic mass is 16.2. The molecule has 2 aromatic carbocycles. The molecule has 1 saturated carbocycles. The Morgan fingerprint density at radius 2 is 1.62 bits per heavy atom. The number of rotatable bonds is 8. The van der Waals surface area contributed by atoms with E-state index in [2.05, 4.69) is 41.8 Å². The zero-order chi connectivity index (χ0) is 18.4. The van der Waals surface area contributed by atoms with Crippen molar-refractivity contribution in [1.29, 1.82) is 0 Å². The van der Waals surface area contributed by atoms with E-state index in [-0.39, 0.29) is 11.8 Å². The number of aryl methyl sites for hydroxylation is 1. The first-order valence-corrected chi connectivity index (χ1v) is 9.30. The first kappa shape index (κ1) is 18.2. The van der Waals surface area contributed by atoms with Gasteiger partial charge in [0, 0.05) is 25.1 Å². The van der Waals surface area contributed by atoms with Crippen LogP contribution in [-0.4, -0.2) is 24.9 Å². The van der Waals surface area contributed by atoms with E-state index >= 15 is 0 Å². The van der Waals surface area contributed by atoms with Gasteiger partial charge >= 0.3 is 0 Å². The molecule has 3 rings (SSSR count). The van der Waals surface area contributed by atoms with Gasteiger partial charge < -0.3 is 10.6 Å². The maximum atomic E-state index is 12.3. The standard InChI is InChI=1S/C22H26N2O2/c1-16-7-9-17(10-8-16)20(18-11-12-18)15-21(25)23-13-14-24-22(26)19-5-3-2-4-6-19/h2-10,18,20H,11-15H2,1H3,(H,23,25)(H,24,26). The van der Waals surface area contributed by atoms with Gasteiger partial charge in [0.15, 0.2) is 0 Å². The SMILES string of the molecule is Cc1ccc(C(CC(=O)NCCNC(=O)c2ccccc2)C2CC2)cc1. The molecule has 1 aliphatic carbocycles. The van der Waals surface area contributed by atoms with Crippen LogP contribution in [0.4, 0.5) is 0 Å². The molecular formula is C22H26N2O2. The normalized spacial score (nSPS) is 14.5. The van der Waals surface area contributed by atoms with Crippen LogP contribution in [0.1, 0.15) is 46.7 Å². The molecule has 0 heterocycles. The molecule has 4 heteroatoms. The number of hydrogen-bond acceptors (Lipinski definition) is 2. The summed E-state index contributed by atoms with van der Waals surface area (Å²) in [5.41, 5.74) is 3.12. The second kappa shape index (κ2) is 8.65. The molecule has 0 radical (unpaired) electrons. The average Bonchev–Trinajstić information content (AvgIpc) is 3.50. The van der Waals surface area contributed by atoms with Gasteiger partial charge in [-0.3, -0.25) is 9.59 Å². The van der Waals surface area contributed by atoms with Crippen LogP contribution in [-0.2, 0) is 4.79 Å². The van der Waals surface area contributed by atoms with Crippen LogP contribution in [0, 0.1) is 12.8 Å². The van der Waals surface area contributed by atoms with Crippen molar-refractivity contribution in [3.8, 4) is 0 Å². The van der Waals surface area contributed by atoms with Gasteiger partial charge in [0.25, 0.3) is 5.91 Å². The predicted octanol–water partition coefficient (Wildman–Crippen LogP) is 3.42. The lowest BCUT2D eigenvalue weighted by molar-refractivity contribution is -0.121. The van der Waals surface area contributed by atoms with Crippen molar-refractivity contribution in [3.05, 3.63) is 71.3 Å². The Hall–Kier alpha value is -2.62. The highest BCUT2D eigenvalue weighted by molar-refractivity contribution is 5.94. The zero-order valence-electron chi connectivity index (χ0n) is 15.2. The molecule has 0 aromatic heterocycles. The summed E-state index contributed by atoms with van der Waals surface area (Å²) in [4.78, 5) is 24.3. The lowest BCUT2D eigenvalue weighted by Gasteiger charge is -2.17. The maximum absolute atomic E-state index is 12.3. The van der Waals surface area contributed by atoms with Crippen molar-refractivity contribution in [1.82, 2.24) is 10.6 Å². The fraction of sp³-hybridized carbons (Fsp3) is 0.364. The molecule has 2 amide bonds. The minimum Gasteiger partial charge on any atom is -0.354 e. The van der Waals surface area contributed by atoms with Crippen molar-refractivity contribution in [3.63, 3.8) is 0 Å². The van der Waals surface area contributed by atoms with Gasteiger partial charge in [-0.1, -0.05) is 48.0 Å². The Kier molecular flexibility index (Phi) is 6.05.